The summed E-state index contributed by atoms with van der Waals surface area (Å²) in [5.74, 6) is 0. The van der Waals surface area contributed by atoms with Gasteiger partial charge in [-0.1, -0.05) is 5.21 Å². The Hall–Kier alpha value is -1.33. The van der Waals surface area contributed by atoms with Crippen LogP contribution in [0.4, 0.5) is 8.78 Å². The highest BCUT2D eigenvalue weighted by molar-refractivity contribution is 5.71. The largest absolute Gasteiger partial charge is 0.296 e. The van der Waals surface area contributed by atoms with E-state index in [0.29, 0.717) is 6.29 Å². The smallest absolute Gasteiger partial charge is 0.240 e. The van der Waals surface area contributed by atoms with Crippen LogP contribution in [0, 0.1) is 0 Å². The molecule has 4 nitrogen and oxygen atoms in total. The Bertz CT molecular complexity index is 261. The molecule has 1 aromatic rings. The van der Waals surface area contributed by atoms with Crippen LogP contribution in [-0.4, -0.2) is 27.7 Å². The Balaban J connectivity index is 2.56. The number of rotatable bonds is 4. The lowest BCUT2D eigenvalue weighted by Gasteiger charge is -1.99. The first-order valence-corrected chi connectivity index (χ1v) is 3.36. The lowest BCUT2D eigenvalue weighted by atomic mass is 10.4. The average Bonchev–Trinajstić information content (AvgIpc) is 2.47. The third-order valence-corrected chi connectivity index (χ3v) is 1.33. The van der Waals surface area contributed by atoms with Crippen molar-refractivity contribution in [2.45, 2.75) is 19.4 Å². The molecule has 1 rings (SSSR count). The fourth-order valence-electron chi connectivity index (χ4n) is 0.751. The van der Waals surface area contributed by atoms with E-state index in [4.69, 9.17) is 0 Å². The zero-order chi connectivity index (χ0) is 8.97. The summed E-state index contributed by atoms with van der Waals surface area (Å²) in [5, 5.41) is 6.87. The lowest BCUT2D eigenvalue weighted by Crippen LogP contribution is -2.07. The molecule has 0 radical (unpaired) electrons. The standard InChI is InChI=1S/C6H7F2N3O/c7-6(8)1-2-11-5(4-12)3-9-10-11/h3-4,6H,1-2H2. The van der Waals surface area contributed by atoms with E-state index in [1.54, 1.807) is 0 Å². The number of aromatic nitrogens is 3. The predicted molar refractivity (Wildman–Crippen MR) is 36.0 cm³/mol. The second kappa shape index (κ2) is 3.89. The third-order valence-electron chi connectivity index (χ3n) is 1.33. The van der Waals surface area contributed by atoms with Crippen molar-refractivity contribution >= 4 is 6.29 Å². The first-order valence-electron chi connectivity index (χ1n) is 3.36. The van der Waals surface area contributed by atoms with Crippen LogP contribution < -0.4 is 0 Å². The molecule has 1 aromatic heterocycles. The van der Waals surface area contributed by atoms with Gasteiger partial charge in [0.2, 0.25) is 6.43 Å². The normalized spacial score (nSPS) is 10.6. The number of carbonyl (C=O) groups excluding carboxylic acids is 1. The first kappa shape index (κ1) is 8.76. The zero-order valence-corrected chi connectivity index (χ0v) is 6.15. The first-order chi connectivity index (χ1) is 5.74. The molecule has 0 aliphatic carbocycles. The Morgan fingerprint density at radius 3 is 3.00 bits per heavy atom. The second-order valence-corrected chi connectivity index (χ2v) is 2.18. The Kier molecular flexibility index (Phi) is 2.84. The minimum absolute atomic E-state index is 0.0196. The highest BCUT2D eigenvalue weighted by atomic mass is 19.3. The van der Waals surface area contributed by atoms with E-state index in [1.807, 2.05) is 0 Å². The van der Waals surface area contributed by atoms with Gasteiger partial charge in [-0.3, -0.25) is 4.79 Å². The minimum Gasteiger partial charge on any atom is -0.296 e. The predicted octanol–water partition coefficient (Wildman–Crippen LogP) is 0.746. The molecule has 0 N–H and O–H groups in total. The molecule has 0 amide bonds. The summed E-state index contributed by atoms with van der Waals surface area (Å²) in [6.45, 7) is 0.0196. The summed E-state index contributed by atoms with van der Waals surface area (Å²) in [6.07, 6.45) is -0.928. The Labute approximate surface area is 67.2 Å². The van der Waals surface area contributed by atoms with Crippen LogP contribution >= 0.6 is 0 Å². The van der Waals surface area contributed by atoms with Crippen LogP contribution in [0.25, 0.3) is 0 Å². The number of carbonyl (C=O) groups is 1. The van der Waals surface area contributed by atoms with Crippen molar-refractivity contribution in [3.05, 3.63) is 11.9 Å². The summed E-state index contributed by atoms with van der Waals surface area (Å²) < 4.78 is 24.6. The fraction of sp³-hybridized carbons (Fsp3) is 0.500. The molecule has 66 valence electrons. The minimum atomic E-state index is -2.38. The van der Waals surface area contributed by atoms with Gasteiger partial charge in [-0.25, -0.2) is 13.5 Å². The highest BCUT2D eigenvalue weighted by Gasteiger charge is 2.06. The molecule has 0 atom stereocenters. The molecule has 0 bridgehead atoms. The van der Waals surface area contributed by atoms with Crippen LogP contribution in [0.5, 0.6) is 0 Å². The van der Waals surface area contributed by atoms with E-state index in [1.165, 1.54) is 6.20 Å². The number of hydrogen-bond donors (Lipinski definition) is 0. The molecule has 0 saturated carbocycles. The van der Waals surface area contributed by atoms with E-state index in [2.05, 4.69) is 10.3 Å². The van der Waals surface area contributed by atoms with Gasteiger partial charge in [0.15, 0.2) is 6.29 Å². The lowest BCUT2D eigenvalue weighted by molar-refractivity contribution is 0.110. The van der Waals surface area contributed by atoms with Crippen molar-refractivity contribution in [1.82, 2.24) is 15.0 Å². The van der Waals surface area contributed by atoms with Gasteiger partial charge in [0, 0.05) is 13.0 Å². The van der Waals surface area contributed by atoms with Crippen LogP contribution in [0.15, 0.2) is 6.20 Å². The topological polar surface area (TPSA) is 47.8 Å². The monoisotopic (exact) mass is 175 g/mol. The number of alkyl halides is 2. The summed E-state index contributed by atoms with van der Waals surface area (Å²) in [5.41, 5.74) is 0.218. The van der Waals surface area contributed by atoms with E-state index in [0.717, 1.165) is 4.68 Å². The molecular formula is C6H7F2N3O. The van der Waals surface area contributed by atoms with Gasteiger partial charge in [-0.05, 0) is 0 Å². The Morgan fingerprint density at radius 1 is 1.67 bits per heavy atom. The molecule has 0 aromatic carbocycles. The number of halogens is 2. The van der Waals surface area contributed by atoms with Crippen molar-refractivity contribution in [3.63, 3.8) is 0 Å². The molecule has 0 aliphatic heterocycles. The van der Waals surface area contributed by atoms with Gasteiger partial charge in [0.05, 0.1) is 6.20 Å². The summed E-state index contributed by atoms with van der Waals surface area (Å²) >= 11 is 0. The summed E-state index contributed by atoms with van der Waals surface area (Å²) in [4.78, 5) is 10.2. The molecule has 12 heavy (non-hydrogen) atoms. The number of aldehydes is 1. The van der Waals surface area contributed by atoms with Crippen molar-refractivity contribution in [2.24, 2.45) is 0 Å². The van der Waals surface area contributed by atoms with E-state index >= 15 is 0 Å². The highest BCUT2D eigenvalue weighted by Crippen LogP contribution is 2.02. The van der Waals surface area contributed by atoms with Crippen LogP contribution in [-0.2, 0) is 6.54 Å². The summed E-state index contributed by atoms with van der Waals surface area (Å²) in [7, 11) is 0. The van der Waals surface area contributed by atoms with E-state index < -0.39 is 6.43 Å². The van der Waals surface area contributed by atoms with E-state index in [9.17, 15) is 13.6 Å². The van der Waals surface area contributed by atoms with Gasteiger partial charge in [-0.15, -0.1) is 5.10 Å². The molecule has 0 unspecified atom stereocenters. The molecule has 0 fully saturated rings. The second-order valence-electron chi connectivity index (χ2n) is 2.18. The zero-order valence-electron chi connectivity index (χ0n) is 6.15. The summed E-state index contributed by atoms with van der Waals surface area (Å²) in [6, 6.07) is 0. The van der Waals surface area contributed by atoms with E-state index in [-0.39, 0.29) is 18.7 Å². The van der Waals surface area contributed by atoms with Gasteiger partial charge < -0.3 is 0 Å². The molecule has 0 saturated heterocycles. The van der Waals surface area contributed by atoms with Crippen molar-refractivity contribution < 1.29 is 13.6 Å². The van der Waals surface area contributed by atoms with Crippen molar-refractivity contribution in [2.75, 3.05) is 0 Å². The van der Waals surface area contributed by atoms with Gasteiger partial charge in [0.1, 0.15) is 5.69 Å². The maximum absolute atomic E-state index is 11.7. The van der Waals surface area contributed by atoms with Crippen LogP contribution in [0.1, 0.15) is 16.9 Å². The maximum atomic E-state index is 11.7. The third kappa shape index (κ3) is 2.08. The molecular weight excluding hydrogens is 168 g/mol. The molecule has 1 heterocycles. The quantitative estimate of drug-likeness (QED) is 0.634. The number of nitrogens with zero attached hydrogens (tertiary/aromatic N) is 3. The van der Waals surface area contributed by atoms with Crippen LogP contribution in [0.3, 0.4) is 0 Å². The van der Waals surface area contributed by atoms with Gasteiger partial charge in [0.25, 0.3) is 0 Å². The molecule has 0 spiro atoms. The van der Waals surface area contributed by atoms with Crippen molar-refractivity contribution in [1.29, 1.82) is 0 Å². The van der Waals surface area contributed by atoms with Crippen molar-refractivity contribution in [3.8, 4) is 0 Å². The maximum Gasteiger partial charge on any atom is 0.240 e. The molecule has 6 heteroatoms. The SMILES string of the molecule is O=Cc1cnnn1CCC(F)F. The van der Waals surface area contributed by atoms with Crippen LogP contribution in [0.2, 0.25) is 0 Å². The number of hydrogen-bond acceptors (Lipinski definition) is 3. The molecule has 0 aliphatic rings. The van der Waals surface area contributed by atoms with Gasteiger partial charge >= 0.3 is 0 Å². The average molecular weight is 175 g/mol. The number of aryl methyl sites for hydroxylation is 1. The Morgan fingerprint density at radius 2 is 2.42 bits per heavy atom. The fourth-order valence-corrected chi connectivity index (χ4v) is 0.751. The van der Waals surface area contributed by atoms with Gasteiger partial charge in [-0.2, -0.15) is 0 Å².